The number of likely N-dealkylation sites (tertiary alicyclic amines) is 1. The molecule has 3 aliphatic rings. The van der Waals surface area contributed by atoms with Crippen LogP contribution in [0.5, 0.6) is 0 Å². The predicted octanol–water partition coefficient (Wildman–Crippen LogP) is 0.631. The predicted molar refractivity (Wildman–Crippen MR) is 75.8 cm³/mol. The number of piperidine rings is 1. The highest BCUT2D eigenvalue weighted by Gasteiger charge is 2.36. The van der Waals surface area contributed by atoms with Gasteiger partial charge in [0.05, 0.1) is 5.92 Å². The molecule has 2 saturated carbocycles. The number of amides is 2. The van der Waals surface area contributed by atoms with Gasteiger partial charge in [0.2, 0.25) is 11.8 Å². The van der Waals surface area contributed by atoms with Crippen molar-refractivity contribution < 1.29 is 9.59 Å². The number of nitrogens with two attached hydrogens (primary N) is 1. The van der Waals surface area contributed by atoms with Crippen molar-refractivity contribution >= 4 is 11.8 Å². The van der Waals surface area contributed by atoms with Crippen molar-refractivity contribution in [1.82, 2.24) is 10.2 Å². The van der Waals surface area contributed by atoms with E-state index in [-0.39, 0.29) is 23.9 Å². The van der Waals surface area contributed by atoms with Crippen LogP contribution in [0, 0.1) is 11.8 Å². The van der Waals surface area contributed by atoms with Crippen LogP contribution in [0.3, 0.4) is 0 Å². The molecule has 20 heavy (non-hydrogen) atoms. The summed E-state index contributed by atoms with van der Waals surface area (Å²) < 4.78 is 0. The van der Waals surface area contributed by atoms with Crippen molar-refractivity contribution in [1.29, 1.82) is 0 Å². The van der Waals surface area contributed by atoms with Gasteiger partial charge in [0.1, 0.15) is 0 Å². The third kappa shape index (κ3) is 2.97. The minimum Gasteiger partial charge on any atom is -0.353 e. The molecule has 2 aliphatic carbocycles. The smallest absolute Gasteiger partial charge is 0.225 e. The first-order chi connectivity index (χ1) is 9.65. The van der Waals surface area contributed by atoms with Crippen molar-refractivity contribution in [3.8, 4) is 0 Å². The molecule has 5 nitrogen and oxygen atoms in total. The van der Waals surface area contributed by atoms with Gasteiger partial charge in [0.25, 0.3) is 0 Å². The SMILES string of the molecule is NC1CCCC1C(=O)NC1CCN(C(=O)C2CC2)CC1. The Hall–Kier alpha value is -1.10. The standard InChI is InChI=1S/C15H25N3O2/c16-13-3-1-2-12(13)14(19)17-11-6-8-18(9-7-11)15(20)10-4-5-10/h10-13H,1-9,16H2,(H,17,19). The summed E-state index contributed by atoms with van der Waals surface area (Å²) in [5.74, 6) is 0.758. The number of hydrogen-bond donors (Lipinski definition) is 2. The van der Waals surface area contributed by atoms with Crippen LogP contribution >= 0.6 is 0 Å². The molecular formula is C15H25N3O2. The number of nitrogens with one attached hydrogen (secondary N) is 1. The summed E-state index contributed by atoms with van der Waals surface area (Å²) in [6.45, 7) is 1.58. The van der Waals surface area contributed by atoms with E-state index in [0.29, 0.717) is 11.8 Å². The van der Waals surface area contributed by atoms with Gasteiger partial charge in [-0.25, -0.2) is 0 Å². The fraction of sp³-hybridized carbons (Fsp3) is 0.867. The average Bonchev–Trinajstić information content (AvgIpc) is 3.21. The van der Waals surface area contributed by atoms with E-state index in [9.17, 15) is 9.59 Å². The van der Waals surface area contributed by atoms with Crippen molar-refractivity contribution in [2.45, 2.75) is 57.0 Å². The molecule has 0 aromatic heterocycles. The molecule has 2 amide bonds. The molecule has 1 saturated heterocycles. The Labute approximate surface area is 120 Å². The third-order valence-corrected chi connectivity index (χ3v) is 4.99. The second-order valence-corrected chi connectivity index (χ2v) is 6.58. The Balaban J connectivity index is 1.44. The summed E-state index contributed by atoms with van der Waals surface area (Å²) in [5, 5.41) is 3.14. The Morgan fingerprint density at radius 3 is 2.25 bits per heavy atom. The van der Waals surface area contributed by atoms with Gasteiger partial charge in [-0.2, -0.15) is 0 Å². The van der Waals surface area contributed by atoms with Crippen molar-refractivity contribution in [2.75, 3.05) is 13.1 Å². The quantitative estimate of drug-likeness (QED) is 0.795. The number of carbonyl (C=O) groups is 2. The van der Waals surface area contributed by atoms with E-state index in [1.807, 2.05) is 4.90 Å². The van der Waals surface area contributed by atoms with Crippen LogP contribution in [0.4, 0.5) is 0 Å². The monoisotopic (exact) mass is 279 g/mol. The second kappa shape index (κ2) is 5.72. The molecule has 1 aliphatic heterocycles. The molecule has 5 heteroatoms. The van der Waals surface area contributed by atoms with E-state index in [0.717, 1.165) is 58.0 Å². The maximum atomic E-state index is 12.2. The first-order valence-corrected chi connectivity index (χ1v) is 8.00. The van der Waals surface area contributed by atoms with Gasteiger partial charge in [0, 0.05) is 31.1 Å². The molecule has 3 fully saturated rings. The Bertz CT molecular complexity index is 387. The van der Waals surface area contributed by atoms with Crippen LogP contribution in [-0.4, -0.2) is 41.9 Å². The number of hydrogen-bond acceptors (Lipinski definition) is 3. The molecule has 0 aromatic carbocycles. The first-order valence-electron chi connectivity index (χ1n) is 8.00. The second-order valence-electron chi connectivity index (χ2n) is 6.58. The third-order valence-electron chi connectivity index (χ3n) is 4.99. The van der Waals surface area contributed by atoms with E-state index in [1.165, 1.54) is 0 Å². The zero-order valence-corrected chi connectivity index (χ0v) is 12.0. The van der Waals surface area contributed by atoms with E-state index < -0.39 is 0 Å². The Morgan fingerprint density at radius 2 is 1.70 bits per heavy atom. The molecule has 112 valence electrons. The lowest BCUT2D eigenvalue weighted by molar-refractivity contribution is -0.133. The lowest BCUT2D eigenvalue weighted by atomic mass is 10.00. The van der Waals surface area contributed by atoms with E-state index in [2.05, 4.69) is 5.32 Å². The summed E-state index contributed by atoms with van der Waals surface area (Å²) in [4.78, 5) is 26.1. The molecular weight excluding hydrogens is 254 g/mol. The highest BCUT2D eigenvalue weighted by Crippen LogP contribution is 2.32. The summed E-state index contributed by atoms with van der Waals surface area (Å²) in [7, 11) is 0. The maximum absolute atomic E-state index is 12.2. The van der Waals surface area contributed by atoms with E-state index in [4.69, 9.17) is 5.73 Å². The van der Waals surface area contributed by atoms with Crippen molar-refractivity contribution in [3.05, 3.63) is 0 Å². The molecule has 2 atom stereocenters. The zero-order chi connectivity index (χ0) is 14.1. The van der Waals surface area contributed by atoms with Crippen molar-refractivity contribution in [3.63, 3.8) is 0 Å². The van der Waals surface area contributed by atoms with Gasteiger partial charge < -0.3 is 16.0 Å². The lowest BCUT2D eigenvalue weighted by Crippen LogP contribution is -2.49. The van der Waals surface area contributed by atoms with Gasteiger partial charge in [-0.1, -0.05) is 6.42 Å². The highest BCUT2D eigenvalue weighted by molar-refractivity contribution is 5.81. The zero-order valence-electron chi connectivity index (χ0n) is 12.0. The fourth-order valence-electron chi connectivity index (χ4n) is 3.46. The molecule has 0 spiro atoms. The molecule has 1 heterocycles. The molecule has 0 aromatic rings. The van der Waals surface area contributed by atoms with E-state index >= 15 is 0 Å². The lowest BCUT2D eigenvalue weighted by Gasteiger charge is -2.33. The minimum absolute atomic E-state index is 0.00104. The molecule has 0 radical (unpaired) electrons. The van der Waals surface area contributed by atoms with Crippen LogP contribution in [0.1, 0.15) is 44.9 Å². The van der Waals surface area contributed by atoms with Gasteiger partial charge >= 0.3 is 0 Å². The van der Waals surface area contributed by atoms with E-state index in [1.54, 1.807) is 0 Å². The fourth-order valence-corrected chi connectivity index (χ4v) is 3.46. The maximum Gasteiger partial charge on any atom is 0.225 e. The van der Waals surface area contributed by atoms with Crippen molar-refractivity contribution in [2.24, 2.45) is 17.6 Å². The topological polar surface area (TPSA) is 75.4 Å². The van der Waals surface area contributed by atoms with Gasteiger partial charge in [-0.15, -0.1) is 0 Å². The van der Waals surface area contributed by atoms with Gasteiger partial charge in [-0.05, 0) is 38.5 Å². The number of nitrogens with zero attached hydrogens (tertiary/aromatic N) is 1. The molecule has 0 bridgehead atoms. The summed E-state index contributed by atoms with van der Waals surface area (Å²) in [5.41, 5.74) is 5.97. The van der Waals surface area contributed by atoms with Gasteiger partial charge in [-0.3, -0.25) is 9.59 Å². The van der Waals surface area contributed by atoms with Crippen LogP contribution in [0.25, 0.3) is 0 Å². The number of carbonyl (C=O) groups excluding carboxylic acids is 2. The summed E-state index contributed by atoms with van der Waals surface area (Å²) in [6, 6.07) is 0.255. The van der Waals surface area contributed by atoms with Crippen LogP contribution in [0.2, 0.25) is 0 Å². The highest BCUT2D eigenvalue weighted by atomic mass is 16.2. The molecule has 3 rings (SSSR count). The summed E-state index contributed by atoms with van der Waals surface area (Å²) in [6.07, 6.45) is 6.84. The number of rotatable bonds is 3. The van der Waals surface area contributed by atoms with Crippen LogP contribution < -0.4 is 11.1 Å². The molecule has 3 N–H and O–H groups in total. The van der Waals surface area contributed by atoms with Gasteiger partial charge in [0.15, 0.2) is 0 Å². The largest absolute Gasteiger partial charge is 0.353 e. The molecule has 2 unspecified atom stereocenters. The van der Waals surface area contributed by atoms with Crippen LogP contribution in [0.15, 0.2) is 0 Å². The summed E-state index contributed by atoms with van der Waals surface area (Å²) >= 11 is 0. The first kappa shape index (κ1) is 13.9. The normalized spacial score (nSPS) is 31.4. The Kier molecular flexibility index (Phi) is 3.96. The van der Waals surface area contributed by atoms with Crippen LogP contribution in [-0.2, 0) is 9.59 Å². The Morgan fingerprint density at radius 1 is 1.00 bits per heavy atom. The minimum atomic E-state index is 0.00104. The average molecular weight is 279 g/mol.